The number of rotatable bonds is 9. The first kappa shape index (κ1) is 16.4. The van der Waals surface area contributed by atoms with Gasteiger partial charge in [-0.3, -0.25) is 4.21 Å². The number of aliphatic hydroxyl groups excluding tert-OH is 1. The highest BCUT2D eigenvalue weighted by atomic mass is 35.5. The number of nitrogens with one attached hydrogen (secondary N) is 1. The van der Waals surface area contributed by atoms with Gasteiger partial charge in [0.2, 0.25) is 0 Å². The molecule has 1 aromatic carbocycles. The van der Waals surface area contributed by atoms with Crippen molar-refractivity contribution in [3.8, 4) is 5.75 Å². The van der Waals surface area contributed by atoms with Crippen molar-refractivity contribution in [3.05, 3.63) is 29.3 Å². The second-order valence-electron chi connectivity index (χ2n) is 4.26. The minimum absolute atomic E-state index is 0.215. The largest absolute Gasteiger partial charge is 0.491 e. The molecular formula is C13H20ClNO3S. The Morgan fingerprint density at radius 1 is 1.53 bits per heavy atom. The van der Waals surface area contributed by atoms with Crippen LogP contribution in [0.2, 0.25) is 5.02 Å². The number of benzene rings is 1. The molecule has 0 saturated heterocycles. The average molecular weight is 306 g/mol. The molecule has 2 atom stereocenters. The molecule has 0 fully saturated rings. The molecule has 2 N–H and O–H groups in total. The van der Waals surface area contributed by atoms with E-state index in [0.29, 0.717) is 23.1 Å². The maximum absolute atomic E-state index is 10.8. The Balaban J connectivity index is 2.11. The minimum Gasteiger partial charge on any atom is -0.491 e. The van der Waals surface area contributed by atoms with E-state index in [4.69, 9.17) is 16.3 Å². The molecule has 19 heavy (non-hydrogen) atoms. The third kappa shape index (κ3) is 8.21. The number of hydrogen-bond donors (Lipinski definition) is 2. The standard InChI is InChI=1S/C13H20ClNO3S/c1-19(17)7-3-6-15-9-12(16)10-18-13-5-2-4-11(14)8-13/h2,4-5,8,12,15-16H,3,6-7,9-10H2,1H3. The van der Waals surface area contributed by atoms with Crippen molar-refractivity contribution < 1.29 is 14.1 Å². The van der Waals surface area contributed by atoms with E-state index in [2.05, 4.69) is 5.32 Å². The summed E-state index contributed by atoms with van der Waals surface area (Å²) in [5, 5.41) is 13.4. The zero-order valence-corrected chi connectivity index (χ0v) is 12.5. The number of aliphatic hydroxyl groups is 1. The van der Waals surface area contributed by atoms with Gasteiger partial charge in [-0.05, 0) is 31.2 Å². The monoisotopic (exact) mass is 305 g/mol. The predicted octanol–water partition coefficient (Wildman–Crippen LogP) is 1.44. The van der Waals surface area contributed by atoms with Gasteiger partial charge in [0.05, 0.1) is 0 Å². The second-order valence-corrected chi connectivity index (χ2v) is 6.25. The van der Waals surface area contributed by atoms with Gasteiger partial charge >= 0.3 is 0 Å². The van der Waals surface area contributed by atoms with Crippen LogP contribution in [0.1, 0.15) is 6.42 Å². The average Bonchev–Trinajstić information content (AvgIpc) is 2.35. The van der Waals surface area contributed by atoms with E-state index in [1.807, 2.05) is 0 Å². The van der Waals surface area contributed by atoms with Crippen molar-refractivity contribution in [2.24, 2.45) is 0 Å². The molecule has 0 aliphatic heterocycles. The quantitative estimate of drug-likeness (QED) is 0.678. The summed E-state index contributed by atoms with van der Waals surface area (Å²) in [7, 11) is -0.750. The normalized spacial score (nSPS) is 14.1. The topological polar surface area (TPSA) is 58.6 Å². The van der Waals surface area contributed by atoms with Crippen LogP contribution in [0, 0.1) is 0 Å². The Morgan fingerprint density at radius 2 is 2.32 bits per heavy atom. The van der Waals surface area contributed by atoms with E-state index < -0.39 is 16.9 Å². The maximum Gasteiger partial charge on any atom is 0.120 e. The van der Waals surface area contributed by atoms with Crippen molar-refractivity contribution in [3.63, 3.8) is 0 Å². The van der Waals surface area contributed by atoms with Gasteiger partial charge in [-0.2, -0.15) is 0 Å². The Hall–Kier alpha value is -0.620. The zero-order chi connectivity index (χ0) is 14.1. The van der Waals surface area contributed by atoms with Crippen LogP contribution in [0.4, 0.5) is 0 Å². The molecule has 0 aromatic heterocycles. The Morgan fingerprint density at radius 3 is 3.00 bits per heavy atom. The summed E-state index contributed by atoms with van der Waals surface area (Å²) in [5.41, 5.74) is 0. The maximum atomic E-state index is 10.8. The fourth-order valence-corrected chi connectivity index (χ4v) is 2.21. The fraction of sp³-hybridized carbons (Fsp3) is 0.538. The van der Waals surface area contributed by atoms with E-state index in [1.165, 1.54) is 0 Å². The predicted molar refractivity (Wildman–Crippen MR) is 79.4 cm³/mol. The van der Waals surface area contributed by atoms with Crippen LogP contribution < -0.4 is 10.1 Å². The number of ether oxygens (including phenoxy) is 1. The van der Waals surface area contributed by atoms with Crippen molar-refractivity contribution in [2.75, 3.05) is 31.7 Å². The van der Waals surface area contributed by atoms with Crippen LogP contribution in [0.25, 0.3) is 0 Å². The third-order valence-electron chi connectivity index (χ3n) is 2.40. The number of halogens is 1. The van der Waals surface area contributed by atoms with Gasteiger partial charge in [0.25, 0.3) is 0 Å². The summed E-state index contributed by atoms with van der Waals surface area (Å²) in [6.45, 7) is 1.41. The summed E-state index contributed by atoms with van der Waals surface area (Å²) in [6.07, 6.45) is 1.95. The molecule has 0 spiro atoms. The van der Waals surface area contributed by atoms with Crippen LogP contribution in [-0.2, 0) is 10.8 Å². The summed E-state index contributed by atoms with van der Waals surface area (Å²) in [5.74, 6) is 1.33. The first-order chi connectivity index (χ1) is 9.08. The van der Waals surface area contributed by atoms with Crippen LogP contribution in [0.15, 0.2) is 24.3 Å². The Kier molecular flexibility index (Phi) is 8.05. The Bertz CT molecular complexity index is 403. The molecule has 4 nitrogen and oxygen atoms in total. The minimum atomic E-state index is -0.750. The molecule has 108 valence electrons. The van der Waals surface area contributed by atoms with Gasteiger partial charge in [0, 0.05) is 34.4 Å². The smallest absolute Gasteiger partial charge is 0.120 e. The van der Waals surface area contributed by atoms with Gasteiger partial charge in [0.1, 0.15) is 18.5 Å². The lowest BCUT2D eigenvalue weighted by Crippen LogP contribution is -2.32. The lowest BCUT2D eigenvalue weighted by Gasteiger charge is -2.13. The lowest BCUT2D eigenvalue weighted by atomic mass is 10.3. The first-order valence-corrected chi connectivity index (χ1v) is 8.25. The lowest BCUT2D eigenvalue weighted by molar-refractivity contribution is 0.106. The van der Waals surface area contributed by atoms with Crippen LogP contribution in [-0.4, -0.2) is 47.1 Å². The fourth-order valence-electron chi connectivity index (χ4n) is 1.48. The molecule has 2 unspecified atom stereocenters. The molecule has 0 bridgehead atoms. The molecule has 0 amide bonds. The van der Waals surface area contributed by atoms with Crippen molar-refractivity contribution in [1.29, 1.82) is 0 Å². The van der Waals surface area contributed by atoms with E-state index >= 15 is 0 Å². The SMILES string of the molecule is CS(=O)CCCNCC(O)COc1cccc(Cl)c1. The number of hydrogen-bond acceptors (Lipinski definition) is 4. The van der Waals surface area contributed by atoms with Gasteiger partial charge in [-0.15, -0.1) is 0 Å². The highest BCUT2D eigenvalue weighted by Crippen LogP contribution is 2.17. The van der Waals surface area contributed by atoms with Crippen molar-refractivity contribution >= 4 is 22.4 Å². The van der Waals surface area contributed by atoms with Gasteiger partial charge < -0.3 is 15.2 Å². The molecule has 6 heteroatoms. The molecule has 0 radical (unpaired) electrons. The highest BCUT2D eigenvalue weighted by molar-refractivity contribution is 7.84. The molecule has 0 heterocycles. The summed E-state index contributed by atoms with van der Waals surface area (Å²) < 4.78 is 16.3. The van der Waals surface area contributed by atoms with Gasteiger partial charge in [0.15, 0.2) is 0 Å². The summed E-state index contributed by atoms with van der Waals surface area (Å²) >= 11 is 5.82. The van der Waals surface area contributed by atoms with Crippen molar-refractivity contribution in [2.45, 2.75) is 12.5 Å². The van der Waals surface area contributed by atoms with Gasteiger partial charge in [-0.1, -0.05) is 17.7 Å². The van der Waals surface area contributed by atoms with Crippen LogP contribution in [0.3, 0.4) is 0 Å². The van der Waals surface area contributed by atoms with E-state index in [0.717, 1.165) is 13.0 Å². The second kappa shape index (κ2) is 9.31. The summed E-state index contributed by atoms with van der Waals surface area (Å²) in [6, 6.07) is 7.07. The van der Waals surface area contributed by atoms with Gasteiger partial charge in [-0.25, -0.2) is 0 Å². The van der Waals surface area contributed by atoms with Crippen molar-refractivity contribution in [1.82, 2.24) is 5.32 Å². The van der Waals surface area contributed by atoms with Crippen LogP contribution in [0.5, 0.6) is 5.75 Å². The third-order valence-corrected chi connectivity index (χ3v) is 3.50. The van der Waals surface area contributed by atoms with Crippen LogP contribution >= 0.6 is 11.6 Å². The molecule has 0 aliphatic rings. The highest BCUT2D eigenvalue weighted by Gasteiger charge is 2.05. The zero-order valence-electron chi connectivity index (χ0n) is 11.0. The first-order valence-electron chi connectivity index (χ1n) is 6.15. The van der Waals surface area contributed by atoms with E-state index in [-0.39, 0.29) is 6.61 Å². The molecule has 1 aromatic rings. The van der Waals surface area contributed by atoms with E-state index in [1.54, 1.807) is 30.5 Å². The molecule has 1 rings (SSSR count). The van der Waals surface area contributed by atoms with E-state index in [9.17, 15) is 9.32 Å². The molecule has 0 saturated carbocycles. The molecule has 0 aliphatic carbocycles. The summed E-state index contributed by atoms with van der Waals surface area (Å²) in [4.78, 5) is 0. The molecular weight excluding hydrogens is 286 g/mol. The Labute approximate surface area is 121 Å².